The van der Waals surface area contributed by atoms with E-state index in [0.717, 1.165) is 11.1 Å². The van der Waals surface area contributed by atoms with Crippen LogP contribution in [0.15, 0.2) is 178 Å². The predicted molar refractivity (Wildman–Crippen MR) is 230 cm³/mol. The minimum atomic E-state index is 0.254. The zero-order valence-electron chi connectivity index (χ0n) is 31.5. The fraction of sp³-hybridized carbons (Fsp3) is 0. The Balaban J connectivity index is 1.54. The zero-order chi connectivity index (χ0) is 40.6. The molecule has 0 atom stereocenters. The summed E-state index contributed by atoms with van der Waals surface area (Å²) in [7, 11) is 0. The molecule has 0 saturated heterocycles. The van der Waals surface area contributed by atoms with Gasteiger partial charge in [-0.1, -0.05) is 36.9 Å². The number of hydrogen-bond acceptors (Lipinski definition) is 10. The number of aromatic nitrogens is 7. The molecule has 2 N–H and O–H groups in total. The van der Waals surface area contributed by atoms with Crippen LogP contribution >= 0.6 is 0 Å². The Morgan fingerprint density at radius 1 is 0.508 bits per heavy atom. The van der Waals surface area contributed by atoms with Crippen LogP contribution in [0, 0.1) is 22.7 Å². The second-order valence-corrected chi connectivity index (χ2v) is 13.1. The first-order valence-corrected chi connectivity index (χ1v) is 18.4. The highest BCUT2D eigenvalue weighted by Crippen LogP contribution is 2.48. The Morgan fingerprint density at radius 3 is 1.32 bits per heavy atom. The Kier molecular flexibility index (Phi) is 10.7. The van der Waals surface area contributed by atoms with Crippen molar-refractivity contribution in [1.29, 1.82) is 10.5 Å². The minimum Gasteiger partial charge on any atom is -0.404 e. The van der Waals surface area contributed by atoms with Gasteiger partial charge in [-0.3, -0.25) is 34.9 Å². The van der Waals surface area contributed by atoms with Gasteiger partial charge in [0.05, 0.1) is 33.9 Å². The van der Waals surface area contributed by atoms with Gasteiger partial charge in [-0.05, 0) is 78.4 Å². The van der Waals surface area contributed by atoms with E-state index < -0.39 is 0 Å². The van der Waals surface area contributed by atoms with Crippen molar-refractivity contribution in [3.63, 3.8) is 0 Å². The van der Waals surface area contributed by atoms with Crippen molar-refractivity contribution in [2.45, 2.75) is 0 Å². The molecule has 10 heteroatoms. The van der Waals surface area contributed by atoms with E-state index in [0.29, 0.717) is 78.4 Å². The van der Waals surface area contributed by atoms with E-state index in [9.17, 15) is 10.5 Å². The molecule has 1 aromatic carbocycles. The Hall–Kier alpha value is -8.73. The summed E-state index contributed by atoms with van der Waals surface area (Å²) in [5.41, 5.74) is 16.3. The summed E-state index contributed by atoms with van der Waals surface area (Å²) < 4.78 is 0. The van der Waals surface area contributed by atoms with E-state index in [-0.39, 0.29) is 11.1 Å². The van der Waals surface area contributed by atoms with Crippen LogP contribution < -0.4 is 5.73 Å². The standard InChI is InChI=1S/C49H32N10/c1-2-32(19-33(23-50)42-11-3-7-15-56-42)46-40(24-51)48(38-21-35(27-54-30-38)44-13-5-9-17-58-44)49(39-22-36(28-55-31-39)45-14-6-10-18-59-45)41(25-52)47(46)37-20-34(26-53-29-37)43-12-4-8-16-57-43/h2-23,26-31H,1,50H2/b32-19+,33-23+. The Bertz CT molecular complexity index is 2970. The number of hydrogen-bond donors (Lipinski definition) is 1. The van der Waals surface area contributed by atoms with Crippen LogP contribution in [0.2, 0.25) is 0 Å². The highest BCUT2D eigenvalue weighted by molar-refractivity contribution is 6.05. The molecule has 0 spiro atoms. The third-order valence-electron chi connectivity index (χ3n) is 9.65. The molecule has 0 aliphatic carbocycles. The fourth-order valence-electron chi connectivity index (χ4n) is 7.02. The highest BCUT2D eigenvalue weighted by Gasteiger charge is 2.29. The molecule has 10 nitrogen and oxygen atoms in total. The topological polar surface area (TPSA) is 164 Å². The van der Waals surface area contributed by atoms with Crippen molar-refractivity contribution in [2.24, 2.45) is 5.73 Å². The van der Waals surface area contributed by atoms with Gasteiger partial charge in [0.2, 0.25) is 0 Å². The molecule has 0 aliphatic heterocycles. The molecule has 7 heterocycles. The van der Waals surface area contributed by atoms with Crippen LogP contribution in [-0.4, -0.2) is 34.9 Å². The average molecular weight is 761 g/mol. The number of benzene rings is 1. The van der Waals surface area contributed by atoms with Crippen LogP contribution in [0.4, 0.5) is 0 Å². The van der Waals surface area contributed by atoms with E-state index >= 15 is 0 Å². The molecule has 7 aromatic heterocycles. The van der Waals surface area contributed by atoms with Crippen LogP contribution in [0.25, 0.3) is 78.3 Å². The highest BCUT2D eigenvalue weighted by atomic mass is 14.7. The van der Waals surface area contributed by atoms with Gasteiger partial charge in [0.15, 0.2) is 0 Å². The first kappa shape index (κ1) is 37.2. The van der Waals surface area contributed by atoms with Gasteiger partial charge in [-0.2, -0.15) is 10.5 Å². The maximum absolute atomic E-state index is 11.5. The van der Waals surface area contributed by atoms with E-state index in [1.807, 2.05) is 97.1 Å². The number of nitrogens with two attached hydrogens (primary N) is 1. The molecule has 0 fully saturated rings. The summed E-state index contributed by atoms with van der Waals surface area (Å²) in [5, 5.41) is 23.1. The van der Waals surface area contributed by atoms with Gasteiger partial charge < -0.3 is 5.73 Å². The quantitative estimate of drug-likeness (QED) is 0.133. The molecular formula is C49H32N10. The number of nitrogens with zero attached hydrogens (tertiary/aromatic N) is 9. The molecule has 0 bridgehead atoms. The molecule has 8 rings (SSSR count). The lowest BCUT2D eigenvalue weighted by molar-refractivity contribution is 1.26. The van der Waals surface area contributed by atoms with Crippen molar-refractivity contribution >= 4 is 11.1 Å². The molecule has 59 heavy (non-hydrogen) atoms. The second-order valence-electron chi connectivity index (χ2n) is 13.1. The fourth-order valence-corrected chi connectivity index (χ4v) is 7.02. The monoisotopic (exact) mass is 760 g/mol. The number of rotatable bonds is 10. The van der Waals surface area contributed by atoms with Crippen LogP contribution in [-0.2, 0) is 0 Å². The molecule has 0 aliphatic rings. The summed E-state index contributed by atoms with van der Waals surface area (Å²) in [5.74, 6) is 0. The Labute approximate surface area is 340 Å². The number of nitriles is 2. The van der Waals surface area contributed by atoms with Gasteiger partial charge in [0, 0.05) is 129 Å². The van der Waals surface area contributed by atoms with Crippen LogP contribution in [0.3, 0.4) is 0 Å². The maximum Gasteiger partial charge on any atom is 0.100 e. The molecule has 0 saturated carbocycles. The van der Waals surface area contributed by atoms with Crippen LogP contribution in [0.1, 0.15) is 22.4 Å². The van der Waals surface area contributed by atoms with Gasteiger partial charge in [-0.25, -0.2) is 0 Å². The van der Waals surface area contributed by atoms with Gasteiger partial charge in [-0.15, -0.1) is 0 Å². The first-order valence-electron chi connectivity index (χ1n) is 18.4. The number of pyridine rings is 7. The summed E-state index contributed by atoms with van der Waals surface area (Å²) in [4.78, 5) is 32.2. The van der Waals surface area contributed by atoms with Crippen LogP contribution in [0.5, 0.6) is 0 Å². The number of allylic oxidation sites excluding steroid dienone is 4. The summed E-state index contributed by atoms with van der Waals surface area (Å²) >= 11 is 0. The third kappa shape index (κ3) is 7.49. The van der Waals surface area contributed by atoms with E-state index in [1.54, 1.807) is 68.0 Å². The largest absolute Gasteiger partial charge is 0.404 e. The molecule has 8 aromatic rings. The van der Waals surface area contributed by atoms with E-state index in [2.05, 4.69) is 53.6 Å². The molecule has 0 radical (unpaired) electrons. The van der Waals surface area contributed by atoms with E-state index in [1.165, 1.54) is 6.20 Å². The summed E-state index contributed by atoms with van der Waals surface area (Å²) in [6.45, 7) is 4.22. The molecule has 0 unspecified atom stereocenters. The van der Waals surface area contributed by atoms with E-state index in [4.69, 9.17) is 5.73 Å². The zero-order valence-corrected chi connectivity index (χ0v) is 31.5. The smallest absolute Gasteiger partial charge is 0.100 e. The van der Waals surface area contributed by atoms with Gasteiger partial charge >= 0.3 is 0 Å². The first-order chi connectivity index (χ1) is 29.1. The predicted octanol–water partition coefficient (Wildman–Crippen LogP) is 9.77. The maximum atomic E-state index is 11.5. The van der Waals surface area contributed by atoms with Crippen molar-refractivity contribution < 1.29 is 0 Å². The van der Waals surface area contributed by atoms with Crippen molar-refractivity contribution in [2.75, 3.05) is 0 Å². The molecular weight excluding hydrogens is 729 g/mol. The molecule has 0 amide bonds. The lowest BCUT2D eigenvalue weighted by Gasteiger charge is -2.23. The average Bonchev–Trinajstić information content (AvgIpc) is 3.32. The SMILES string of the molecule is C=C/C(=C\C(=C/N)c1ccccn1)c1c(C#N)c(-c2cncc(-c3ccccn3)c2)c(-c2cncc(-c3ccccn3)c2)c(C#N)c1-c1cncc(-c2ccccn2)c1. The van der Waals surface area contributed by atoms with Gasteiger partial charge in [0.25, 0.3) is 0 Å². The molecule has 278 valence electrons. The third-order valence-corrected chi connectivity index (χ3v) is 9.65. The van der Waals surface area contributed by atoms with Crippen molar-refractivity contribution in [1.82, 2.24) is 34.9 Å². The second kappa shape index (κ2) is 17.0. The van der Waals surface area contributed by atoms with Gasteiger partial charge in [0.1, 0.15) is 12.1 Å². The minimum absolute atomic E-state index is 0.254. The lowest BCUT2D eigenvalue weighted by Crippen LogP contribution is -2.06. The summed E-state index contributed by atoms with van der Waals surface area (Å²) in [6, 6.07) is 33.3. The van der Waals surface area contributed by atoms with Crippen molar-refractivity contribution in [3.05, 3.63) is 200 Å². The Morgan fingerprint density at radius 2 is 0.932 bits per heavy atom. The van der Waals surface area contributed by atoms with Crippen molar-refractivity contribution in [3.8, 4) is 79.3 Å². The lowest BCUT2D eigenvalue weighted by atomic mass is 9.77. The summed E-state index contributed by atoms with van der Waals surface area (Å²) in [6.07, 6.45) is 21.9. The normalized spacial score (nSPS) is 11.4.